The van der Waals surface area contributed by atoms with Gasteiger partial charge in [0.2, 0.25) is 5.76 Å². The standard InChI is InChI=1S/C14H11N3O3/c1-9-7-13(17-19-9)15-14(18)12-8-11(16-20-12)10-5-3-2-4-6-10/h2-8H,1H3,(H,15,17,18). The summed E-state index contributed by atoms with van der Waals surface area (Å²) in [6.45, 7) is 1.74. The van der Waals surface area contributed by atoms with E-state index in [-0.39, 0.29) is 5.76 Å². The number of amides is 1. The van der Waals surface area contributed by atoms with Crippen molar-refractivity contribution in [3.05, 3.63) is 54.0 Å². The molecule has 100 valence electrons. The Labute approximate surface area is 114 Å². The molecule has 2 aromatic heterocycles. The van der Waals surface area contributed by atoms with Gasteiger partial charge in [0.05, 0.1) is 0 Å². The average Bonchev–Trinajstić information content (AvgIpc) is 3.09. The summed E-state index contributed by atoms with van der Waals surface area (Å²) in [5.74, 6) is 0.644. The number of anilines is 1. The van der Waals surface area contributed by atoms with Crippen LogP contribution in [0.25, 0.3) is 11.3 Å². The Morgan fingerprint density at radius 3 is 2.60 bits per heavy atom. The van der Waals surface area contributed by atoms with E-state index in [1.54, 1.807) is 19.1 Å². The van der Waals surface area contributed by atoms with Gasteiger partial charge in [-0.1, -0.05) is 40.6 Å². The zero-order chi connectivity index (χ0) is 13.9. The molecule has 0 spiro atoms. The monoisotopic (exact) mass is 269 g/mol. The predicted octanol–water partition coefficient (Wildman–Crippen LogP) is 2.89. The summed E-state index contributed by atoms with van der Waals surface area (Å²) in [4.78, 5) is 11.9. The molecule has 3 aromatic rings. The van der Waals surface area contributed by atoms with Crippen LogP contribution in [0, 0.1) is 6.92 Å². The molecule has 0 unspecified atom stereocenters. The third-order valence-corrected chi connectivity index (χ3v) is 2.67. The van der Waals surface area contributed by atoms with Crippen molar-refractivity contribution in [2.24, 2.45) is 0 Å². The summed E-state index contributed by atoms with van der Waals surface area (Å²) < 4.78 is 9.90. The first kappa shape index (κ1) is 12.2. The highest BCUT2D eigenvalue weighted by atomic mass is 16.5. The lowest BCUT2D eigenvalue weighted by Crippen LogP contribution is -2.10. The zero-order valence-corrected chi connectivity index (χ0v) is 10.7. The van der Waals surface area contributed by atoms with Crippen LogP contribution in [0.1, 0.15) is 16.3 Å². The lowest BCUT2D eigenvalue weighted by atomic mass is 10.1. The van der Waals surface area contributed by atoms with Gasteiger partial charge in [0.1, 0.15) is 11.5 Å². The van der Waals surface area contributed by atoms with Crippen molar-refractivity contribution in [3.8, 4) is 11.3 Å². The van der Waals surface area contributed by atoms with Crippen LogP contribution in [0.4, 0.5) is 5.82 Å². The number of aryl methyl sites for hydroxylation is 1. The number of nitrogens with one attached hydrogen (secondary N) is 1. The van der Waals surface area contributed by atoms with Crippen LogP contribution < -0.4 is 5.32 Å². The summed E-state index contributed by atoms with van der Waals surface area (Å²) in [5.41, 5.74) is 1.49. The van der Waals surface area contributed by atoms with Crippen LogP contribution in [0.2, 0.25) is 0 Å². The van der Waals surface area contributed by atoms with Gasteiger partial charge < -0.3 is 14.4 Å². The first-order valence-corrected chi connectivity index (χ1v) is 5.99. The third kappa shape index (κ3) is 2.44. The van der Waals surface area contributed by atoms with Crippen molar-refractivity contribution in [2.75, 3.05) is 5.32 Å². The average molecular weight is 269 g/mol. The van der Waals surface area contributed by atoms with Gasteiger partial charge in [-0.25, -0.2) is 0 Å². The van der Waals surface area contributed by atoms with E-state index in [0.29, 0.717) is 17.3 Å². The molecular weight excluding hydrogens is 258 g/mol. The molecular formula is C14H11N3O3. The number of carbonyl (C=O) groups excluding carboxylic acids is 1. The van der Waals surface area contributed by atoms with Gasteiger partial charge in [-0.15, -0.1) is 0 Å². The molecule has 20 heavy (non-hydrogen) atoms. The van der Waals surface area contributed by atoms with Gasteiger partial charge in [0, 0.05) is 17.7 Å². The van der Waals surface area contributed by atoms with Crippen LogP contribution >= 0.6 is 0 Å². The molecule has 6 heteroatoms. The SMILES string of the molecule is Cc1cc(NC(=O)c2cc(-c3ccccc3)no2)no1. The molecule has 0 aliphatic heterocycles. The van der Waals surface area contributed by atoms with E-state index in [0.717, 1.165) is 5.56 Å². The van der Waals surface area contributed by atoms with Crippen molar-refractivity contribution in [1.82, 2.24) is 10.3 Å². The lowest BCUT2D eigenvalue weighted by molar-refractivity contribution is 0.0987. The largest absolute Gasteiger partial charge is 0.360 e. The molecule has 0 aliphatic carbocycles. The molecule has 0 saturated heterocycles. The number of benzene rings is 1. The Bertz CT molecular complexity index is 731. The highest BCUT2D eigenvalue weighted by molar-refractivity contribution is 6.02. The number of carbonyl (C=O) groups is 1. The zero-order valence-electron chi connectivity index (χ0n) is 10.7. The number of rotatable bonds is 3. The minimum atomic E-state index is -0.423. The molecule has 1 amide bonds. The molecule has 1 N–H and O–H groups in total. The molecule has 6 nitrogen and oxygen atoms in total. The number of hydrogen-bond donors (Lipinski definition) is 1. The maximum absolute atomic E-state index is 11.9. The topological polar surface area (TPSA) is 81.2 Å². The number of aromatic nitrogens is 2. The second-order valence-corrected chi connectivity index (χ2v) is 4.22. The normalized spacial score (nSPS) is 10.4. The predicted molar refractivity (Wildman–Crippen MR) is 71.1 cm³/mol. The molecule has 1 aromatic carbocycles. The second-order valence-electron chi connectivity index (χ2n) is 4.22. The minimum absolute atomic E-state index is 0.115. The summed E-state index contributed by atoms with van der Waals surface area (Å²) in [6, 6.07) is 12.7. The lowest BCUT2D eigenvalue weighted by Gasteiger charge is -1.94. The van der Waals surface area contributed by atoms with Crippen molar-refractivity contribution < 1.29 is 13.8 Å². The fourth-order valence-electron chi connectivity index (χ4n) is 1.73. The van der Waals surface area contributed by atoms with Crippen molar-refractivity contribution in [2.45, 2.75) is 6.92 Å². The van der Waals surface area contributed by atoms with Gasteiger partial charge in [-0.3, -0.25) is 4.79 Å². The van der Waals surface area contributed by atoms with E-state index in [4.69, 9.17) is 9.05 Å². The molecule has 3 rings (SSSR count). The number of nitrogens with zero attached hydrogens (tertiary/aromatic N) is 2. The first-order valence-electron chi connectivity index (χ1n) is 5.99. The molecule has 0 radical (unpaired) electrons. The first-order chi connectivity index (χ1) is 9.72. The van der Waals surface area contributed by atoms with Gasteiger partial charge >= 0.3 is 0 Å². The minimum Gasteiger partial charge on any atom is -0.360 e. The van der Waals surface area contributed by atoms with Crippen LogP contribution in [-0.2, 0) is 0 Å². The van der Waals surface area contributed by atoms with E-state index in [2.05, 4.69) is 15.6 Å². The molecule has 2 heterocycles. The third-order valence-electron chi connectivity index (χ3n) is 2.67. The van der Waals surface area contributed by atoms with Crippen LogP contribution in [0.5, 0.6) is 0 Å². The Kier molecular flexibility index (Phi) is 3.04. The van der Waals surface area contributed by atoms with Gasteiger partial charge in [0.25, 0.3) is 5.91 Å². The van der Waals surface area contributed by atoms with Crippen LogP contribution in [-0.4, -0.2) is 16.2 Å². The quantitative estimate of drug-likeness (QED) is 0.790. The summed E-state index contributed by atoms with van der Waals surface area (Å²) in [6.07, 6.45) is 0. The van der Waals surface area contributed by atoms with E-state index in [9.17, 15) is 4.79 Å². The van der Waals surface area contributed by atoms with Gasteiger partial charge in [0.15, 0.2) is 5.82 Å². The summed E-state index contributed by atoms with van der Waals surface area (Å²) >= 11 is 0. The van der Waals surface area contributed by atoms with E-state index in [1.807, 2.05) is 30.3 Å². The van der Waals surface area contributed by atoms with E-state index in [1.165, 1.54) is 0 Å². The smallest absolute Gasteiger partial charge is 0.295 e. The molecule has 0 saturated carbocycles. The Balaban J connectivity index is 1.78. The summed E-state index contributed by atoms with van der Waals surface area (Å²) in [7, 11) is 0. The maximum Gasteiger partial charge on any atom is 0.295 e. The highest BCUT2D eigenvalue weighted by Gasteiger charge is 2.15. The highest BCUT2D eigenvalue weighted by Crippen LogP contribution is 2.19. The molecule has 0 bridgehead atoms. The Morgan fingerprint density at radius 2 is 1.90 bits per heavy atom. The molecule has 0 aliphatic rings. The van der Waals surface area contributed by atoms with Crippen LogP contribution in [0.15, 0.2) is 51.5 Å². The Morgan fingerprint density at radius 1 is 1.10 bits per heavy atom. The Hall–Kier alpha value is -2.89. The fourth-order valence-corrected chi connectivity index (χ4v) is 1.73. The number of hydrogen-bond acceptors (Lipinski definition) is 5. The van der Waals surface area contributed by atoms with Gasteiger partial charge in [-0.2, -0.15) is 0 Å². The van der Waals surface area contributed by atoms with Crippen molar-refractivity contribution in [3.63, 3.8) is 0 Å². The van der Waals surface area contributed by atoms with Crippen LogP contribution in [0.3, 0.4) is 0 Å². The summed E-state index contributed by atoms with van der Waals surface area (Å²) in [5, 5.41) is 10.1. The fraction of sp³-hybridized carbons (Fsp3) is 0.0714. The second kappa shape index (κ2) is 5.00. The van der Waals surface area contributed by atoms with Crippen molar-refractivity contribution in [1.29, 1.82) is 0 Å². The van der Waals surface area contributed by atoms with E-state index < -0.39 is 5.91 Å². The molecule has 0 fully saturated rings. The molecule has 0 atom stereocenters. The van der Waals surface area contributed by atoms with Crippen molar-refractivity contribution >= 4 is 11.7 Å². The van der Waals surface area contributed by atoms with E-state index >= 15 is 0 Å². The van der Waals surface area contributed by atoms with Gasteiger partial charge in [-0.05, 0) is 6.92 Å². The maximum atomic E-state index is 11.9.